The topological polar surface area (TPSA) is 111 Å². The summed E-state index contributed by atoms with van der Waals surface area (Å²) in [6.07, 6.45) is 33.1. The third kappa shape index (κ3) is 20.1. The van der Waals surface area contributed by atoms with Gasteiger partial charge in [0.05, 0.1) is 113 Å². The molecule has 15 aromatic carbocycles. The van der Waals surface area contributed by atoms with Crippen molar-refractivity contribution < 1.29 is 56.8 Å². The van der Waals surface area contributed by atoms with E-state index in [1.54, 1.807) is 0 Å². The SMILES string of the molecule is c1cc2c3c(c1)OCCCCCCCCOc1cccc(c1-c1c4ccccc4c-3c3ccccc13)OCCCCCCCCO2.c1cc2c3c(c1)OCCCCCCCOc1cccc(c1-c1c4ccccc4c-3c3ccccc13)OCCCCCCCO2.c1cc2c3c(c1)OCCCCCCOc1cccc(c1-c1c4ccccc4c-3c3ccccc13)OCCCCCCO2. The molecule has 0 amide bonds. The smallest absolute Gasteiger partial charge is 0.130 e. The zero-order valence-electron chi connectivity index (χ0n) is 76.8. The van der Waals surface area contributed by atoms with Crippen LogP contribution in [-0.2, 0) is 0 Å². The first-order chi connectivity index (χ1) is 65.7. The van der Waals surface area contributed by atoms with Gasteiger partial charge in [0.2, 0.25) is 0 Å². The molecule has 6 heterocycles. The first kappa shape index (κ1) is 88.7. The van der Waals surface area contributed by atoms with Crippen LogP contribution in [0.2, 0.25) is 0 Å². The van der Waals surface area contributed by atoms with Crippen molar-refractivity contribution >= 4 is 64.6 Å². The van der Waals surface area contributed by atoms with E-state index < -0.39 is 0 Å². The quantitative estimate of drug-likeness (QED) is 0.135. The third-order valence-electron chi connectivity index (χ3n) is 27.0. The van der Waals surface area contributed by atoms with E-state index in [0.29, 0.717) is 79.3 Å². The molecule has 0 radical (unpaired) electrons. The fourth-order valence-corrected chi connectivity index (χ4v) is 20.6. The second-order valence-corrected chi connectivity index (χ2v) is 36.1. The van der Waals surface area contributed by atoms with Gasteiger partial charge in [-0.25, -0.2) is 0 Å². The molecule has 0 N–H and O–H groups in total. The zero-order valence-corrected chi connectivity index (χ0v) is 76.8. The van der Waals surface area contributed by atoms with Gasteiger partial charge in [-0.2, -0.15) is 0 Å². The normalized spacial score (nSPS) is 16.5. The number of ether oxygens (including phenoxy) is 12. The number of hydrogen-bond donors (Lipinski definition) is 0. The summed E-state index contributed by atoms with van der Waals surface area (Å²) in [4.78, 5) is 0. The molecule has 678 valence electrons. The Balaban J connectivity index is 0.000000128. The van der Waals surface area contributed by atoms with Crippen LogP contribution in [0.15, 0.2) is 255 Å². The van der Waals surface area contributed by atoms with Crippen molar-refractivity contribution in [2.24, 2.45) is 0 Å². The standard InChI is InChI=1S/C42H46O4.C40H42O4.C38H38O4/c1-2-6-14-28-44-36-24-18-26-38-42(36)40-33-21-11-9-19-31(33)39(32-20-10-12-22-34(32)40)41-35(43-27-13-5-1)23-17-25-37(41)45-29-15-7-3-4-8-16-30-46-38;1-3-11-25-41-33-21-15-23-35-39(33)37-29-17-7-9-19-31(29)38(32-20-10-8-18-30(32)37)40-34(42-26-12-4-1)22-16-24-36(40)44-28-14-6-2-5-13-27-43-35;1-2-10-24-40-32-20-14-22-34-38(32)36-29-17-7-5-15-27(29)35(28-16-6-8-18-30(28)36)37-31(39-23-9-1)19-13-21-33(37)41-25-11-3-4-12-26-42-34/h9-12,17-26H,1-8,13-16,27-30H2;7-10,15-24H,1-6,11-14,25-28H2;5-8,13-22H,1-4,9-12,23-26H2. The zero-order chi connectivity index (χ0) is 88.7. The van der Waals surface area contributed by atoms with Crippen molar-refractivity contribution in [2.75, 3.05) is 79.3 Å². The van der Waals surface area contributed by atoms with Gasteiger partial charge in [0.25, 0.3) is 0 Å². The molecule has 0 saturated carbocycles. The maximum Gasteiger partial charge on any atom is 0.130 e. The molecule has 0 fully saturated rings. The fraction of sp³-hybridized carbons (Fsp3) is 0.350. The number of fused-ring (bicyclic) bond motifs is 3. The van der Waals surface area contributed by atoms with Gasteiger partial charge >= 0.3 is 0 Å². The lowest BCUT2D eigenvalue weighted by Gasteiger charge is -2.24. The summed E-state index contributed by atoms with van der Waals surface area (Å²) in [5.41, 5.74) is 13.2. The van der Waals surface area contributed by atoms with Crippen LogP contribution in [0.5, 0.6) is 69.0 Å². The van der Waals surface area contributed by atoms with Gasteiger partial charge in [-0.05, 0) is 240 Å². The summed E-state index contributed by atoms with van der Waals surface area (Å²) in [5.74, 6) is 10.7. The molecule has 21 rings (SSSR count). The summed E-state index contributed by atoms with van der Waals surface area (Å²) in [6, 6.07) is 90.4. The second-order valence-electron chi connectivity index (χ2n) is 36.1. The summed E-state index contributed by atoms with van der Waals surface area (Å²) in [6.45, 7) is 8.24. The summed E-state index contributed by atoms with van der Waals surface area (Å²) in [5, 5.41) is 14.0. The van der Waals surface area contributed by atoms with Crippen molar-refractivity contribution in [2.45, 2.75) is 193 Å². The van der Waals surface area contributed by atoms with Crippen molar-refractivity contribution in [3.05, 3.63) is 255 Å². The highest BCUT2D eigenvalue weighted by atomic mass is 16.5. The molecular formula is C120H126O12. The van der Waals surface area contributed by atoms with E-state index in [2.05, 4.69) is 255 Å². The number of hydrogen-bond acceptors (Lipinski definition) is 12. The summed E-state index contributed by atoms with van der Waals surface area (Å²) >= 11 is 0. The van der Waals surface area contributed by atoms with Crippen LogP contribution in [-0.4, -0.2) is 79.3 Å². The van der Waals surface area contributed by atoms with Crippen LogP contribution < -0.4 is 56.8 Å². The van der Waals surface area contributed by atoms with Crippen LogP contribution in [0.25, 0.3) is 131 Å². The molecule has 6 aliphatic rings. The first-order valence-electron chi connectivity index (χ1n) is 49.8. The predicted octanol–water partition coefficient (Wildman–Crippen LogP) is 32.3. The minimum Gasteiger partial charge on any atom is -0.493 e. The van der Waals surface area contributed by atoms with E-state index in [0.717, 1.165) is 333 Å². The molecule has 0 unspecified atom stereocenters. The Labute approximate surface area is 779 Å². The average Bonchev–Trinajstić information content (AvgIpc) is 0.759. The van der Waals surface area contributed by atoms with Crippen molar-refractivity contribution in [1.29, 1.82) is 0 Å². The van der Waals surface area contributed by atoms with E-state index in [9.17, 15) is 0 Å². The fourth-order valence-electron chi connectivity index (χ4n) is 20.6. The van der Waals surface area contributed by atoms with Crippen molar-refractivity contribution in [3.8, 4) is 136 Å². The molecular weight excluding hydrogens is 1630 g/mol. The molecule has 0 saturated heterocycles. The van der Waals surface area contributed by atoms with Crippen LogP contribution in [0.4, 0.5) is 0 Å². The Bertz CT molecular complexity index is 5720. The monoisotopic (exact) mass is 1760 g/mol. The Kier molecular flexibility index (Phi) is 30.0. The van der Waals surface area contributed by atoms with Crippen molar-refractivity contribution in [3.63, 3.8) is 0 Å². The Morgan fingerprint density at radius 2 is 0.182 bits per heavy atom. The Hall–Kier alpha value is -12.5. The summed E-state index contributed by atoms with van der Waals surface area (Å²) in [7, 11) is 0. The summed E-state index contributed by atoms with van der Waals surface area (Å²) < 4.78 is 79.5. The van der Waals surface area contributed by atoms with Gasteiger partial charge in [-0.1, -0.05) is 272 Å². The second kappa shape index (κ2) is 44.6. The molecule has 0 aliphatic carbocycles. The van der Waals surface area contributed by atoms with Crippen LogP contribution in [0, 0.1) is 0 Å². The molecule has 132 heavy (non-hydrogen) atoms. The van der Waals surface area contributed by atoms with E-state index in [1.807, 2.05) is 0 Å². The van der Waals surface area contributed by atoms with Gasteiger partial charge in [-0.3, -0.25) is 0 Å². The highest BCUT2D eigenvalue weighted by molar-refractivity contribution is 6.26. The van der Waals surface area contributed by atoms with Gasteiger partial charge in [-0.15, -0.1) is 0 Å². The lowest BCUT2D eigenvalue weighted by Crippen LogP contribution is -2.06. The van der Waals surface area contributed by atoms with E-state index in [4.69, 9.17) is 56.8 Å². The molecule has 12 nitrogen and oxygen atoms in total. The van der Waals surface area contributed by atoms with E-state index in [-0.39, 0.29) is 0 Å². The Morgan fingerprint density at radius 1 is 0.0909 bits per heavy atom. The molecule has 12 heteroatoms. The predicted molar refractivity (Wildman–Crippen MR) is 541 cm³/mol. The largest absolute Gasteiger partial charge is 0.493 e. The maximum atomic E-state index is 6.67. The number of benzene rings is 15. The lowest BCUT2D eigenvalue weighted by atomic mass is 9.85. The van der Waals surface area contributed by atoms with Gasteiger partial charge in [0.15, 0.2) is 0 Å². The van der Waals surface area contributed by atoms with E-state index >= 15 is 0 Å². The van der Waals surface area contributed by atoms with Gasteiger partial charge in [0.1, 0.15) is 69.0 Å². The number of rotatable bonds is 0. The third-order valence-corrected chi connectivity index (χ3v) is 27.0. The minimum atomic E-state index is 0.675. The van der Waals surface area contributed by atoms with Gasteiger partial charge < -0.3 is 56.8 Å². The first-order valence-corrected chi connectivity index (χ1v) is 49.8. The highest BCUT2D eigenvalue weighted by Gasteiger charge is 2.31. The Morgan fingerprint density at radius 3 is 0.280 bits per heavy atom. The van der Waals surface area contributed by atoms with Crippen LogP contribution in [0.1, 0.15) is 193 Å². The lowest BCUT2D eigenvalue weighted by molar-refractivity contribution is 0.276. The average molecular weight is 1760 g/mol. The van der Waals surface area contributed by atoms with Crippen LogP contribution in [0.3, 0.4) is 0 Å². The molecule has 15 aromatic rings. The maximum absolute atomic E-state index is 6.67. The minimum absolute atomic E-state index is 0.675. The highest BCUT2D eigenvalue weighted by Crippen LogP contribution is 2.57. The van der Waals surface area contributed by atoms with Gasteiger partial charge in [0, 0.05) is 33.4 Å². The van der Waals surface area contributed by atoms with Crippen LogP contribution >= 0.6 is 0 Å². The van der Waals surface area contributed by atoms with Crippen molar-refractivity contribution in [1.82, 2.24) is 0 Å². The van der Waals surface area contributed by atoms with E-state index in [1.165, 1.54) is 60.1 Å². The molecule has 12 bridgehead atoms. The molecule has 0 atom stereocenters. The molecule has 6 aliphatic heterocycles. The molecule has 0 spiro atoms. The molecule has 0 aromatic heterocycles.